The van der Waals surface area contributed by atoms with Crippen molar-refractivity contribution in [2.75, 3.05) is 13.1 Å². The fraction of sp³-hybridized carbons (Fsp3) is 0.414. The Kier molecular flexibility index (Phi) is 7.05. The van der Waals surface area contributed by atoms with Crippen molar-refractivity contribution in [2.24, 2.45) is 5.92 Å². The van der Waals surface area contributed by atoms with Crippen molar-refractivity contribution < 1.29 is 19.0 Å². The SMILES string of the molecule is O=c1c2cnn(-c3ccccc3)c2ncn1CC1(O)CCN(C(=O)[C@H]2CC[C@H](Oc3cccnc3F)CC2)CC1. The molecule has 3 aromatic heterocycles. The molecule has 1 aromatic carbocycles. The van der Waals surface area contributed by atoms with Crippen LogP contribution < -0.4 is 10.3 Å². The molecule has 1 saturated carbocycles. The van der Waals surface area contributed by atoms with Gasteiger partial charge in [-0.3, -0.25) is 14.2 Å². The molecule has 2 fully saturated rings. The third-order valence-electron chi connectivity index (χ3n) is 8.07. The maximum atomic E-state index is 13.8. The second-order valence-electron chi connectivity index (χ2n) is 10.7. The van der Waals surface area contributed by atoms with Gasteiger partial charge in [0.1, 0.15) is 11.7 Å². The van der Waals surface area contributed by atoms with Crippen LogP contribution in [0.25, 0.3) is 16.7 Å². The predicted molar refractivity (Wildman–Crippen MR) is 144 cm³/mol. The minimum absolute atomic E-state index is 0.0848. The second kappa shape index (κ2) is 10.8. The van der Waals surface area contributed by atoms with Crippen LogP contribution in [0, 0.1) is 11.9 Å². The Hall–Kier alpha value is -4.12. The number of fused-ring (bicyclic) bond motifs is 1. The smallest absolute Gasteiger partial charge is 0.264 e. The number of aliphatic hydroxyl groups is 1. The average Bonchev–Trinajstić information content (AvgIpc) is 3.42. The molecule has 0 spiro atoms. The van der Waals surface area contributed by atoms with Gasteiger partial charge in [-0.05, 0) is 62.8 Å². The van der Waals surface area contributed by atoms with E-state index in [-0.39, 0.29) is 35.8 Å². The number of carbonyl (C=O) groups is 1. The maximum Gasteiger partial charge on any atom is 0.264 e. The van der Waals surface area contributed by atoms with Gasteiger partial charge in [-0.1, -0.05) is 18.2 Å². The van der Waals surface area contributed by atoms with E-state index in [1.54, 1.807) is 16.8 Å². The second-order valence-corrected chi connectivity index (χ2v) is 10.7. The Morgan fingerprint density at radius 2 is 1.80 bits per heavy atom. The molecule has 208 valence electrons. The summed E-state index contributed by atoms with van der Waals surface area (Å²) >= 11 is 0. The Morgan fingerprint density at radius 3 is 2.52 bits per heavy atom. The molecule has 4 heterocycles. The number of hydrogen-bond acceptors (Lipinski definition) is 7. The highest BCUT2D eigenvalue weighted by molar-refractivity contribution is 5.79. The molecular formula is C29H31FN6O4. The monoisotopic (exact) mass is 546 g/mol. The number of benzene rings is 1. The number of likely N-dealkylation sites (tertiary alicyclic amines) is 1. The number of halogens is 1. The van der Waals surface area contributed by atoms with Gasteiger partial charge in [0.05, 0.1) is 30.1 Å². The molecule has 0 atom stereocenters. The molecule has 0 radical (unpaired) electrons. The lowest BCUT2D eigenvalue weighted by Gasteiger charge is -2.40. The first-order valence-corrected chi connectivity index (χ1v) is 13.7. The van der Waals surface area contributed by atoms with E-state index >= 15 is 0 Å². The minimum Gasteiger partial charge on any atom is -0.486 e. The lowest BCUT2D eigenvalue weighted by molar-refractivity contribution is -0.141. The van der Waals surface area contributed by atoms with Crippen LogP contribution in [0.5, 0.6) is 5.75 Å². The minimum atomic E-state index is -1.12. The molecule has 1 N–H and O–H groups in total. The van der Waals surface area contributed by atoms with Gasteiger partial charge >= 0.3 is 0 Å². The molecule has 10 nitrogen and oxygen atoms in total. The molecule has 6 rings (SSSR count). The Morgan fingerprint density at radius 1 is 1.05 bits per heavy atom. The molecule has 0 unspecified atom stereocenters. The summed E-state index contributed by atoms with van der Waals surface area (Å²) in [5.41, 5.74) is -0.110. The van der Waals surface area contributed by atoms with Crippen molar-refractivity contribution >= 4 is 16.9 Å². The zero-order chi connectivity index (χ0) is 27.7. The molecule has 1 aliphatic heterocycles. The van der Waals surface area contributed by atoms with Crippen molar-refractivity contribution in [3.05, 3.63) is 77.5 Å². The number of carbonyl (C=O) groups excluding carboxylic acids is 1. The van der Waals surface area contributed by atoms with Crippen molar-refractivity contribution in [2.45, 2.75) is 56.8 Å². The number of para-hydroxylation sites is 1. The number of rotatable bonds is 6. The van der Waals surface area contributed by atoms with Gasteiger partial charge in [-0.15, -0.1) is 0 Å². The Balaban J connectivity index is 1.05. The molecule has 4 aromatic rings. The van der Waals surface area contributed by atoms with Crippen LogP contribution >= 0.6 is 0 Å². The zero-order valence-electron chi connectivity index (χ0n) is 22.0. The largest absolute Gasteiger partial charge is 0.486 e. The summed E-state index contributed by atoms with van der Waals surface area (Å²) in [4.78, 5) is 36.3. The topological polar surface area (TPSA) is 115 Å². The number of nitrogens with zero attached hydrogens (tertiary/aromatic N) is 6. The average molecular weight is 547 g/mol. The van der Waals surface area contributed by atoms with E-state index in [2.05, 4.69) is 15.1 Å². The molecule has 2 aliphatic rings. The van der Waals surface area contributed by atoms with Crippen LogP contribution in [0.4, 0.5) is 4.39 Å². The third kappa shape index (κ3) is 5.21. The van der Waals surface area contributed by atoms with Crippen LogP contribution in [-0.4, -0.2) is 65.0 Å². The van der Waals surface area contributed by atoms with E-state index in [0.717, 1.165) is 5.69 Å². The van der Waals surface area contributed by atoms with Gasteiger partial charge in [0, 0.05) is 25.2 Å². The predicted octanol–water partition coefficient (Wildman–Crippen LogP) is 3.11. The van der Waals surface area contributed by atoms with Crippen molar-refractivity contribution in [3.63, 3.8) is 0 Å². The molecule has 0 bridgehead atoms. The van der Waals surface area contributed by atoms with Gasteiger partial charge in [-0.25, -0.2) is 14.6 Å². The number of aromatic nitrogens is 5. The van der Waals surface area contributed by atoms with Crippen molar-refractivity contribution in [1.82, 2.24) is 29.2 Å². The summed E-state index contributed by atoms with van der Waals surface area (Å²) in [6.07, 6.45) is 7.62. The number of piperidine rings is 1. The Labute approximate surface area is 230 Å². The summed E-state index contributed by atoms with van der Waals surface area (Å²) < 4.78 is 22.6. The van der Waals surface area contributed by atoms with E-state index in [4.69, 9.17) is 4.74 Å². The van der Waals surface area contributed by atoms with Gasteiger partial charge in [-0.2, -0.15) is 9.49 Å². The molecule has 1 aliphatic carbocycles. The van der Waals surface area contributed by atoms with Crippen LogP contribution in [0.3, 0.4) is 0 Å². The molecule has 40 heavy (non-hydrogen) atoms. The molecule has 1 saturated heterocycles. The summed E-state index contributed by atoms with van der Waals surface area (Å²) in [5.74, 6) is -0.505. The normalized spacial score (nSPS) is 20.9. The molecule has 11 heteroatoms. The number of ether oxygens (including phenoxy) is 1. The van der Waals surface area contributed by atoms with Crippen molar-refractivity contribution in [1.29, 1.82) is 0 Å². The van der Waals surface area contributed by atoms with E-state index in [0.29, 0.717) is 62.6 Å². The summed E-state index contributed by atoms with van der Waals surface area (Å²) in [6, 6.07) is 12.7. The quantitative estimate of drug-likeness (QED) is 0.370. The van der Waals surface area contributed by atoms with Crippen LogP contribution in [-0.2, 0) is 11.3 Å². The lowest BCUT2D eigenvalue weighted by atomic mass is 9.85. The van der Waals surface area contributed by atoms with Gasteiger partial charge in [0.25, 0.3) is 11.5 Å². The number of amides is 1. The molecule has 1 amide bonds. The first-order valence-electron chi connectivity index (χ1n) is 13.7. The van der Waals surface area contributed by atoms with E-state index in [1.807, 2.05) is 35.2 Å². The Bertz CT molecular complexity index is 1560. The first-order chi connectivity index (χ1) is 19.4. The highest BCUT2D eigenvalue weighted by atomic mass is 19.1. The number of pyridine rings is 1. The number of hydrogen-bond donors (Lipinski definition) is 1. The maximum absolute atomic E-state index is 13.8. The van der Waals surface area contributed by atoms with E-state index in [1.165, 1.54) is 23.3 Å². The highest BCUT2D eigenvalue weighted by Gasteiger charge is 2.37. The van der Waals surface area contributed by atoms with Crippen LogP contribution in [0.1, 0.15) is 38.5 Å². The lowest BCUT2D eigenvalue weighted by Crippen LogP contribution is -2.51. The summed E-state index contributed by atoms with van der Waals surface area (Å²) in [6.45, 7) is 0.937. The van der Waals surface area contributed by atoms with Gasteiger partial charge in [0.2, 0.25) is 5.91 Å². The van der Waals surface area contributed by atoms with E-state index < -0.39 is 11.5 Å². The summed E-state index contributed by atoms with van der Waals surface area (Å²) in [7, 11) is 0. The molecular weight excluding hydrogens is 515 g/mol. The van der Waals surface area contributed by atoms with Crippen LogP contribution in [0.15, 0.2) is 66.0 Å². The highest BCUT2D eigenvalue weighted by Crippen LogP contribution is 2.32. The van der Waals surface area contributed by atoms with Gasteiger partial charge < -0.3 is 14.7 Å². The van der Waals surface area contributed by atoms with Crippen molar-refractivity contribution in [3.8, 4) is 11.4 Å². The third-order valence-corrected chi connectivity index (χ3v) is 8.07. The first kappa shape index (κ1) is 26.1. The fourth-order valence-electron chi connectivity index (χ4n) is 5.76. The van der Waals surface area contributed by atoms with E-state index in [9.17, 15) is 19.1 Å². The van der Waals surface area contributed by atoms with Gasteiger partial charge in [0.15, 0.2) is 11.4 Å². The zero-order valence-corrected chi connectivity index (χ0v) is 22.0. The van der Waals surface area contributed by atoms with Crippen LogP contribution in [0.2, 0.25) is 0 Å². The fourth-order valence-corrected chi connectivity index (χ4v) is 5.76. The summed E-state index contributed by atoms with van der Waals surface area (Å²) in [5, 5.41) is 16.0. The standard InChI is InChI=1S/C29H31FN6O4/c30-25-24(7-4-14-31-25)40-22-10-8-20(9-11-22)27(37)34-15-12-29(39,13-16-34)18-35-19-32-26-23(28(35)38)17-33-36(26)21-5-2-1-3-6-21/h1-7,14,17,19-20,22,39H,8-13,15-16,18H2/t20-,22-.